The standard InChI is InChI=1S/C11H21NO3/c1-9(8-14-2)7-11(13)12-15-10-5-3-4-6-10/h9-10H,3-8H2,1-2H3,(H,12,13). The maximum atomic E-state index is 11.4. The molecule has 4 heteroatoms. The Labute approximate surface area is 91.3 Å². The molecular weight excluding hydrogens is 194 g/mol. The largest absolute Gasteiger partial charge is 0.384 e. The lowest BCUT2D eigenvalue weighted by Crippen LogP contribution is -2.30. The quantitative estimate of drug-likeness (QED) is 0.685. The van der Waals surface area contributed by atoms with Gasteiger partial charge in [0.15, 0.2) is 0 Å². The monoisotopic (exact) mass is 215 g/mol. The van der Waals surface area contributed by atoms with E-state index in [0.29, 0.717) is 13.0 Å². The molecule has 88 valence electrons. The Balaban J connectivity index is 2.07. The van der Waals surface area contributed by atoms with Crippen molar-refractivity contribution in [3.8, 4) is 0 Å². The third-order valence-electron chi connectivity index (χ3n) is 2.63. The molecule has 1 saturated carbocycles. The fourth-order valence-corrected chi connectivity index (χ4v) is 1.86. The summed E-state index contributed by atoms with van der Waals surface area (Å²) in [7, 11) is 1.64. The number of hydrogen-bond donors (Lipinski definition) is 1. The summed E-state index contributed by atoms with van der Waals surface area (Å²) in [6.45, 7) is 2.59. The van der Waals surface area contributed by atoms with Gasteiger partial charge < -0.3 is 4.74 Å². The molecule has 1 rings (SSSR count). The average Bonchev–Trinajstić information content (AvgIpc) is 2.67. The van der Waals surface area contributed by atoms with Gasteiger partial charge in [-0.1, -0.05) is 19.8 Å². The first-order valence-electron chi connectivity index (χ1n) is 5.65. The average molecular weight is 215 g/mol. The maximum absolute atomic E-state index is 11.4. The lowest BCUT2D eigenvalue weighted by atomic mass is 10.1. The number of carbonyl (C=O) groups excluding carboxylic acids is 1. The molecule has 0 aromatic rings. The van der Waals surface area contributed by atoms with E-state index in [2.05, 4.69) is 5.48 Å². The van der Waals surface area contributed by atoms with E-state index in [9.17, 15) is 4.79 Å². The normalized spacial score (nSPS) is 19.1. The van der Waals surface area contributed by atoms with E-state index >= 15 is 0 Å². The second-order valence-corrected chi connectivity index (χ2v) is 4.31. The van der Waals surface area contributed by atoms with Crippen molar-refractivity contribution in [2.45, 2.75) is 45.1 Å². The molecule has 0 aromatic heterocycles. The summed E-state index contributed by atoms with van der Waals surface area (Å²) in [4.78, 5) is 16.7. The van der Waals surface area contributed by atoms with Gasteiger partial charge in [-0.15, -0.1) is 0 Å². The van der Waals surface area contributed by atoms with Crippen LogP contribution in [-0.2, 0) is 14.4 Å². The molecule has 0 spiro atoms. The summed E-state index contributed by atoms with van der Waals surface area (Å²) in [6.07, 6.45) is 5.23. The predicted octanol–water partition coefficient (Wildman–Crippen LogP) is 1.65. The molecule has 4 nitrogen and oxygen atoms in total. The van der Waals surface area contributed by atoms with Gasteiger partial charge in [0.2, 0.25) is 5.91 Å². The van der Waals surface area contributed by atoms with Gasteiger partial charge in [-0.25, -0.2) is 5.48 Å². The minimum atomic E-state index is -0.0496. The van der Waals surface area contributed by atoms with Gasteiger partial charge in [0.05, 0.1) is 6.10 Å². The van der Waals surface area contributed by atoms with E-state index in [1.165, 1.54) is 12.8 Å². The topological polar surface area (TPSA) is 47.6 Å². The van der Waals surface area contributed by atoms with Crippen molar-refractivity contribution in [1.29, 1.82) is 0 Å². The molecule has 0 bridgehead atoms. The summed E-state index contributed by atoms with van der Waals surface area (Å²) in [5.41, 5.74) is 2.52. The smallest absolute Gasteiger partial charge is 0.243 e. The highest BCUT2D eigenvalue weighted by atomic mass is 16.7. The lowest BCUT2D eigenvalue weighted by Gasteiger charge is -2.13. The number of hydrogen-bond acceptors (Lipinski definition) is 3. The zero-order valence-corrected chi connectivity index (χ0v) is 9.62. The number of amides is 1. The summed E-state index contributed by atoms with van der Waals surface area (Å²) in [5.74, 6) is 0.189. The van der Waals surface area contributed by atoms with Crippen molar-refractivity contribution < 1.29 is 14.4 Å². The number of methoxy groups -OCH3 is 1. The Morgan fingerprint density at radius 2 is 2.13 bits per heavy atom. The first-order valence-corrected chi connectivity index (χ1v) is 5.65. The molecule has 1 amide bonds. The van der Waals surface area contributed by atoms with Crippen LogP contribution in [0.15, 0.2) is 0 Å². The van der Waals surface area contributed by atoms with Gasteiger partial charge in [0.1, 0.15) is 0 Å². The van der Waals surface area contributed by atoms with E-state index in [4.69, 9.17) is 9.57 Å². The Kier molecular flexibility index (Phi) is 5.65. The first-order chi connectivity index (χ1) is 7.22. The summed E-state index contributed by atoms with van der Waals surface area (Å²) >= 11 is 0. The summed E-state index contributed by atoms with van der Waals surface area (Å²) in [5, 5.41) is 0. The molecule has 1 atom stereocenters. The Morgan fingerprint density at radius 1 is 1.47 bits per heavy atom. The molecular formula is C11H21NO3. The SMILES string of the molecule is COCC(C)CC(=O)NOC1CCCC1. The van der Waals surface area contributed by atoms with Crippen molar-refractivity contribution in [3.63, 3.8) is 0 Å². The second-order valence-electron chi connectivity index (χ2n) is 4.31. The Morgan fingerprint density at radius 3 is 2.73 bits per heavy atom. The Bertz CT molecular complexity index is 190. The zero-order valence-electron chi connectivity index (χ0n) is 9.62. The van der Waals surface area contributed by atoms with Crippen LogP contribution in [0.2, 0.25) is 0 Å². The van der Waals surface area contributed by atoms with Crippen LogP contribution in [0, 0.1) is 5.92 Å². The number of nitrogens with one attached hydrogen (secondary N) is 1. The van der Waals surface area contributed by atoms with Crippen molar-refractivity contribution in [1.82, 2.24) is 5.48 Å². The zero-order chi connectivity index (χ0) is 11.1. The summed E-state index contributed by atoms with van der Waals surface area (Å²) < 4.78 is 4.96. The molecule has 1 unspecified atom stereocenters. The molecule has 0 saturated heterocycles. The number of carbonyl (C=O) groups is 1. The van der Waals surface area contributed by atoms with Crippen molar-refractivity contribution >= 4 is 5.91 Å². The fourth-order valence-electron chi connectivity index (χ4n) is 1.86. The van der Waals surface area contributed by atoms with Gasteiger partial charge >= 0.3 is 0 Å². The predicted molar refractivity (Wildman–Crippen MR) is 57.1 cm³/mol. The highest BCUT2D eigenvalue weighted by molar-refractivity contribution is 5.74. The third kappa shape index (κ3) is 5.14. The van der Waals surface area contributed by atoms with Crippen molar-refractivity contribution in [3.05, 3.63) is 0 Å². The van der Waals surface area contributed by atoms with E-state index in [1.807, 2.05) is 6.92 Å². The lowest BCUT2D eigenvalue weighted by molar-refractivity contribution is -0.139. The fraction of sp³-hybridized carbons (Fsp3) is 0.909. The van der Waals surface area contributed by atoms with Crippen LogP contribution in [0.25, 0.3) is 0 Å². The van der Waals surface area contributed by atoms with Crippen LogP contribution in [0.4, 0.5) is 0 Å². The molecule has 1 aliphatic rings. The van der Waals surface area contributed by atoms with Crippen LogP contribution < -0.4 is 5.48 Å². The van der Waals surface area contributed by atoms with Gasteiger partial charge in [-0.05, 0) is 18.8 Å². The van der Waals surface area contributed by atoms with Crippen LogP contribution in [-0.4, -0.2) is 25.7 Å². The van der Waals surface area contributed by atoms with Gasteiger partial charge in [0, 0.05) is 20.1 Å². The molecule has 1 fully saturated rings. The number of rotatable bonds is 6. The molecule has 0 heterocycles. The molecule has 0 aromatic carbocycles. The van der Waals surface area contributed by atoms with E-state index in [0.717, 1.165) is 12.8 Å². The van der Waals surface area contributed by atoms with Gasteiger partial charge in [0.25, 0.3) is 0 Å². The molecule has 1 N–H and O–H groups in total. The first kappa shape index (κ1) is 12.5. The van der Waals surface area contributed by atoms with E-state index in [1.54, 1.807) is 7.11 Å². The maximum Gasteiger partial charge on any atom is 0.243 e. The van der Waals surface area contributed by atoms with E-state index < -0.39 is 0 Å². The van der Waals surface area contributed by atoms with E-state index in [-0.39, 0.29) is 17.9 Å². The number of ether oxygens (including phenoxy) is 1. The van der Waals surface area contributed by atoms with Crippen LogP contribution in [0.3, 0.4) is 0 Å². The number of hydroxylamine groups is 1. The highest BCUT2D eigenvalue weighted by Crippen LogP contribution is 2.19. The minimum Gasteiger partial charge on any atom is -0.384 e. The van der Waals surface area contributed by atoms with Crippen molar-refractivity contribution in [2.75, 3.05) is 13.7 Å². The molecule has 15 heavy (non-hydrogen) atoms. The molecule has 1 aliphatic carbocycles. The third-order valence-corrected chi connectivity index (χ3v) is 2.63. The van der Waals surface area contributed by atoms with Crippen LogP contribution in [0.5, 0.6) is 0 Å². The minimum absolute atomic E-state index is 0.0496. The van der Waals surface area contributed by atoms with Gasteiger partial charge in [-0.2, -0.15) is 0 Å². The Hall–Kier alpha value is -0.610. The van der Waals surface area contributed by atoms with Crippen molar-refractivity contribution in [2.24, 2.45) is 5.92 Å². The van der Waals surface area contributed by atoms with Gasteiger partial charge in [-0.3, -0.25) is 9.63 Å². The second kappa shape index (κ2) is 6.80. The van der Waals surface area contributed by atoms with Crippen LogP contribution >= 0.6 is 0 Å². The molecule has 0 radical (unpaired) electrons. The highest BCUT2D eigenvalue weighted by Gasteiger charge is 2.17. The summed E-state index contributed by atoms with van der Waals surface area (Å²) in [6, 6.07) is 0. The van der Waals surface area contributed by atoms with Crippen LogP contribution in [0.1, 0.15) is 39.0 Å². The molecule has 0 aliphatic heterocycles.